The minimum absolute atomic E-state index is 0.253. The Morgan fingerprint density at radius 3 is 2.89 bits per heavy atom. The van der Waals surface area contributed by atoms with E-state index in [1.54, 1.807) is 6.20 Å². The van der Waals surface area contributed by atoms with E-state index in [0.29, 0.717) is 5.88 Å². The van der Waals surface area contributed by atoms with Crippen molar-refractivity contribution in [2.75, 3.05) is 5.88 Å². The summed E-state index contributed by atoms with van der Waals surface area (Å²) in [6, 6.07) is 8.03. The molecule has 2 heterocycles. The van der Waals surface area contributed by atoms with Crippen LogP contribution in [0.5, 0.6) is 0 Å². The van der Waals surface area contributed by atoms with Gasteiger partial charge in [-0.25, -0.2) is 9.97 Å². The van der Waals surface area contributed by atoms with Crippen molar-refractivity contribution in [3.63, 3.8) is 0 Å². The molecule has 19 heavy (non-hydrogen) atoms. The molecule has 0 radical (unpaired) electrons. The standard InChI is InChI=1S/C14H11Cl2N3/c15-6-4-9-2-1-3-10-11(8-18-13(9)10)12-5-7-17-14(16)19-12/h1-3,5,7-8,18H,4,6H2. The maximum atomic E-state index is 5.84. The van der Waals surface area contributed by atoms with Gasteiger partial charge >= 0.3 is 0 Å². The number of rotatable bonds is 3. The van der Waals surface area contributed by atoms with Crippen molar-refractivity contribution in [1.82, 2.24) is 15.0 Å². The number of hydrogen-bond donors (Lipinski definition) is 1. The minimum atomic E-state index is 0.253. The molecule has 0 bridgehead atoms. The van der Waals surface area contributed by atoms with Crippen molar-refractivity contribution < 1.29 is 0 Å². The summed E-state index contributed by atoms with van der Waals surface area (Å²) in [4.78, 5) is 11.5. The second-order valence-corrected chi connectivity index (χ2v) is 4.91. The van der Waals surface area contributed by atoms with Gasteiger partial charge in [0.05, 0.1) is 5.69 Å². The number of hydrogen-bond acceptors (Lipinski definition) is 2. The molecule has 0 spiro atoms. The number of nitrogens with zero attached hydrogens (tertiary/aromatic N) is 2. The van der Waals surface area contributed by atoms with Gasteiger partial charge in [0, 0.05) is 34.7 Å². The molecule has 5 heteroatoms. The Balaban J connectivity index is 2.18. The number of para-hydroxylation sites is 1. The third-order valence-corrected chi connectivity index (χ3v) is 3.44. The van der Waals surface area contributed by atoms with Crippen LogP contribution in [0, 0.1) is 0 Å². The zero-order valence-corrected chi connectivity index (χ0v) is 11.5. The fraction of sp³-hybridized carbons (Fsp3) is 0.143. The average molecular weight is 292 g/mol. The van der Waals surface area contributed by atoms with E-state index in [9.17, 15) is 0 Å². The van der Waals surface area contributed by atoms with Crippen molar-refractivity contribution in [2.24, 2.45) is 0 Å². The Bertz CT molecular complexity index is 722. The van der Waals surface area contributed by atoms with Gasteiger partial charge in [-0.05, 0) is 29.7 Å². The number of aryl methyl sites for hydroxylation is 1. The Morgan fingerprint density at radius 1 is 1.21 bits per heavy atom. The summed E-state index contributed by atoms with van der Waals surface area (Å²) in [5, 5.41) is 1.38. The molecular weight excluding hydrogens is 281 g/mol. The maximum absolute atomic E-state index is 5.84. The number of nitrogens with one attached hydrogen (secondary N) is 1. The van der Waals surface area contributed by atoms with Crippen LogP contribution in [0.15, 0.2) is 36.7 Å². The SMILES string of the molecule is ClCCc1cccc2c(-c3ccnc(Cl)n3)c[nH]c12. The molecule has 1 N–H and O–H groups in total. The Hall–Kier alpha value is -1.58. The molecule has 0 aliphatic rings. The molecule has 2 aromatic heterocycles. The van der Waals surface area contributed by atoms with Crippen molar-refractivity contribution in [3.8, 4) is 11.3 Å². The molecule has 0 saturated carbocycles. The third-order valence-electron chi connectivity index (χ3n) is 3.07. The van der Waals surface area contributed by atoms with Gasteiger partial charge < -0.3 is 4.98 Å². The van der Waals surface area contributed by atoms with Crippen LogP contribution in [0.4, 0.5) is 0 Å². The van der Waals surface area contributed by atoms with Gasteiger partial charge in [-0.2, -0.15) is 0 Å². The van der Waals surface area contributed by atoms with Crippen LogP contribution in [0.25, 0.3) is 22.2 Å². The lowest BCUT2D eigenvalue weighted by Gasteiger charge is -2.02. The molecule has 0 fully saturated rings. The fourth-order valence-corrected chi connectivity index (χ4v) is 2.58. The predicted octanol–water partition coefficient (Wildman–Crippen LogP) is 4.06. The highest BCUT2D eigenvalue weighted by atomic mass is 35.5. The van der Waals surface area contributed by atoms with Gasteiger partial charge in [-0.15, -0.1) is 11.6 Å². The lowest BCUT2D eigenvalue weighted by Crippen LogP contribution is -1.88. The zero-order chi connectivity index (χ0) is 13.2. The molecule has 3 nitrogen and oxygen atoms in total. The number of fused-ring (bicyclic) bond motifs is 1. The average Bonchev–Trinajstić information content (AvgIpc) is 2.84. The number of aromatic nitrogens is 3. The highest BCUT2D eigenvalue weighted by molar-refractivity contribution is 6.28. The Kier molecular flexibility index (Phi) is 3.40. The van der Waals surface area contributed by atoms with Crippen LogP contribution in [0.3, 0.4) is 0 Å². The van der Waals surface area contributed by atoms with Gasteiger partial charge in [0.25, 0.3) is 0 Å². The first-order chi connectivity index (χ1) is 9.29. The van der Waals surface area contributed by atoms with Crippen LogP contribution < -0.4 is 0 Å². The van der Waals surface area contributed by atoms with Gasteiger partial charge in [-0.1, -0.05) is 18.2 Å². The first-order valence-electron chi connectivity index (χ1n) is 5.93. The van der Waals surface area contributed by atoms with E-state index in [1.807, 2.05) is 18.3 Å². The molecule has 0 aliphatic carbocycles. The molecule has 1 aromatic carbocycles. The summed E-state index contributed by atoms with van der Waals surface area (Å²) >= 11 is 11.7. The van der Waals surface area contributed by atoms with Crippen LogP contribution in [-0.4, -0.2) is 20.8 Å². The summed E-state index contributed by atoms with van der Waals surface area (Å²) in [7, 11) is 0. The lowest BCUT2D eigenvalue weighted by molar-refractivity contribution is 1.16. The van der Waals surface area contributed by atoms with Crippen molar-refractivity contribution in [3.05, 3.63) is 47.5 Å². The van der Waals surface area contributed by atoms with Crippen LogP contribution in [0.2, 0.25) is 5.28 Å². The predicted molar refractivity (Wildman–Crippen MR) is 78.8 cm³/mol. The molecule has 96 valence electrons. The molecule has 0 amide bonds. The largest absolute Gasteiger partial charge is 0.360 e. The van der Waals surface area contributed by atoms with Gasteiger partial charge in [0.15, 0.2) is 0 Å². The summed E-state index contributed by atoms with van der Waals surface area (Å²) in [6.07, 6.45) is 4.44. The van der Waals surface area contributed by atoms with E-state index < -0.39 is 0 Å². The minimum Gasteiger partial charge on any atom is -0.360 e. The first kappa shape index (κ1) is 12.5. The number of aromatic amines is 1. The summed E-state index contributed by atoms with van der Waals surface area (Å²) in [5.41, 5.74) is 4.15. The number of halogens is 2. The first-order valence-corrected chi connectivity index (χ1v) is 6.84. The summed E-state index contributed by atoms with van der Waals surface area (Å²) < 4.78 is 0. The summed E-state index contributed by atoms with van der Waals surface area (Å²) in [5.74, 6) is 0.604. The van der Waals surface area contributed by atoms with Crippen LogP contribution in [0.1, 0.15) is 5.56 Å². The number of alkyl halides is 1. The van der Waals surface area contributed by atoms with E-state index in [4.69, 9.17) is 23.2 Å². The molecule has 0 aliphatic heterocycles. The maximum Gasteiger partial charge on any atom is 0.222 e. The van der Waals surface area contributed by atoms with E-state index in [2.05, 4.69) is 27.1 Å². The van der Waals surface area contributed by atoms with Gasteiger partial charge in [0.2, 0.25) is 5.28 Å². The second kappa shape index (κ2) is 5.19. The molecule has 3 aromatic rings. The number of benzene rings is 1. The number of H-pyrrole nitrogens is 1. The lowest BCUT2D eigenvalue weighted by atomic mass is 10.1. The quantitative estimate of drug-likeness (QED) is 0.584. The second-order valence-electron chi connectivity index (χ2n) is 4.19. The molecule has 0 atom stereocenters. The van der Waals surface area contributed by atoms with Crippen LogP contribution in [-0.2, 0) is 6.42 Å². The van der Waals surface area contributed by atoms with E-state index in [0.717, 1.165) is 28.6 Å². The third kappa shape index (κ3) is 2.31. The zero-order valence-electron chi connectivity index (χ0n) is 10.0. The highest BCUT2D eigenvalue weighted by Crippen LogP contribution is 2.29. The van der Waals surface area contributed by atoms with E-state index >= 15 is 0 Å². The van der Waals surface area contributed by atoms with Crippen molar-refractivity contribution in [1.29, 1.82) is 0 Å². The normalized spacial score (nSPS) is 11.1. The monoisotopic (exact) mass is 291 g/mol. The van der Waals surface area contributed by atoms with E-state index in [1.165, 1.54) is 5.56 Å². The summed E-state index contributed by atoms with van der Waals surface area (Å²) in [6.45, 7) is 0. The molecule has 0 unspecified atom stereocenters. The van der Waals surface area contributed by atoms with Gasteiger partial charge in [-0.3, -0.25) is 0 Å². The van der Waals surface area contributed by atoms with E-state index in [-0.39, 0.29) is 5.28 Å². The molecular formula is C14H11Cl2N3. The van der Waals surface area contributed by atoms with Gasteiger partial charge in [0.1, 0.15) is 0 Å². The highest BCUT2D eigenvalue weighted by Gasteiger charge is 2.10. The smallest absolute Gasteiger partial charge is 0.222 e. The molecule has 0 saturated heterocycles. The van der Waals surface area contributed by atoms with Crippen molar-refractivity contribution >= 4 is 34.1 Å². The topological polar surface area (TPSA) is 41.6 Å². The van der Waals surface area contributed by atoms with Crippen molar-refractivity contribution in [2.45, 2.75) is 6.42 Å². The Morgan fingerprint density at radius 2 is 2.11 bits per heavy atom. The Labute approximate surface area is 120 Å². The van der Waals surface area contributed by atoms with Crippen LogP contribution >= 0.6 is 23.2 Å². The fourth-order valence-electron chi connectivity index (χ4n) is 2.22. The molecule has 3 rings (SSSR count).